The van der Waals surface area contributed by atoms with Gasteiger partial charge in [-0.3, -0.25) is 4.79 Å². The number of aromatic nitrogens is 1. The van der Waals surface area contributed by atoms with Crippen molar-refractivity contribution in [1.82, 2.24) is 4.98 Å². The highest BCUT2D eigenvalue weighted by molar-refractivity contribution is 6.45. The van der Waals surface area contributed by atoms with Gasteiger partial charge in [0.1, 0.15) is 5.02 Å². The highest BCUT2D eigenvalue weighted by Crippen LogP contribution is 2.35. The molecule has 0 aliphatic heterocycles. The Hall–Kier alpha value is -0.670. The summed E-state index contributed by atoms with van der Waals surface area (Å²) in [5, 5.41) is 1.03. The van der Waals surface area contributed by atoms with Gasteiger partial charge in [0.2, 0.25) is 5.43 Å². The van der Waals surface area contributed by atoms with E-state index in [0.29, 0.717) is 16.1 Å². The van der Waals surface area contributed by atoms with Gasteiger partial charge in [-0.25, -0.2) is 0 Å². The van der Waals surface area contributed by atoms with Crippen LogP contribution in [0.4, 0.5) is 0 Å². The van der Waals surface area contributed by atoms with Crippen LogP contribution in [0.5, 0.6) is 0 Å². The summed E-state index contributed by atoms with van der Waals surface area (Å²) in [6.45, 7) is 0. The van der Waals surface area contributed by atoms with Crippen molar-refractivity contribution in [2.45, 2.75) is 0 Å². The second-order valence-electron chi connectivity index (χ2n) is 3.30. The van der Waals surface area contributed by atoms with Crippen molar-refractivity contribution in [3.05, 3.63) is 54.8 Å². The summed E-state index contributed by atoms with van der Waals surface area (Å²) in [4.78, 5) is 14.6. The van der Waals surface area contributed by atoms with E-state index >= 15 is 0 Å². The van der Waals surface area contributed by atoms with Crippen LogP contribution in [-0.2, 0) is 0 Å². The summed E-state index contributed by atoms with van der Waals surface area (Å²) in [5.41, 5.74) is 0.450. The smallest absolute Gasteiger partial charge is 0.207 e. The van der Waals surface area contributed by atoms with Crippen LogP contribution in [0, 0.1) is 0 Å². The normalized spacial score (nSPS) is 10.6. The van der Waals surface area contributed by atoms with Crippen molar-refractivity contribution < 1.29 is 0 Å². The van der Waals surface area contributed by atoms with Crippen molar-refractivity contribution in [1.29, 1.82) is 0 Å². The summed E-state index contributed by atoms with van der Waals surface area (Å²) in [5.74, 6) is 0. The highest BCUT2D eigenvalue weighted by atomic mass is 35.5. The molecule has 0 atom stereocenters. The van der Waals surface area contributed by atoms with Gasteiger partial charge in [0.15, 0.2) is 0 Å². The Morgan fingerprint density at radius 3 is 2.29 bits per heavy atom. The van der Waals surface area contributed by atoms with Gasteiger partial charge in [-0.15, -0.1) is 0 Å². The number of hydrogen-bond acceptors (Lipinski definition) is 1. The average Bonchev–Trinajstić information content (AvgIpc) is 2.27. The Morgan fingerprint density at radius 1 is 0.882 bits per heavy atom. The molecule has 0 bridgehead atoms. The summed E-state index contributed by atoms with van der Waals surface area (Å²) in [6.07, 6.45) is 2.90. The van der Waals surface area contributed by atoms with Gasteiger partial charge in [0, 0.05) is 28.5 Å². The molecule has 0 saturated heterocycles. The second-order valence-corrected chi connectivity index (χ2v) is 4.92. The number of hydrogen-bond donors (Lipinski definition) is 1. The third-order valence-corrected chi connectivity index (χ3v) is 3.48. The third-order valence-electron chi connectivity index (χ3n) is 2.18. The largest absolute Gasteiger partial charge is 0.366 e. The first-order chi connectivity index (χ1) is 8.00. The number of H-pyrrole nitrogens is 1. The SMILES string of the molecule is O=c1c(Cl)c[nH]cc1-c1cc(Cl)cc(Cl)c1Cl. The topological polar surface area (TPSA) is 32.9 Å². The van der Waals surface area contributed by atoms with Gasteiger partial charge < -0.3 is 4.98 Å². The van der Waals surface area contributed by atoms with Crippen LogP contribution >= 0.6 is 46.4 Å². The van der Waals surface area contributed by atoms with Gasteiger partial charge in [0.05, 0.1) is 10.0 Å². The predicted molar refractivity (Wildman–Crippen MR) is 72.5 cm³/mol. The van der Waals surface area contributed by atoms with Gasteiger partial charge in [-0.05, 0) is 12.1 Å². The van der Waals surface area contributed by atoms with Gasteiger partial charge in [-0.1, -0.05) is 46.4 Å². The molecule has 17 heavy (non-hydrogen) atoms. The molecule has 0 aliphatic rings. The number of halogens is 4. The number of pyridine rings is 1. The van der Waals surface area contributed by atoms with Crippen LogP contribution in [-0.4, -0.2) is 4.98 Å². The molecular weight excluding hydrogens is 304 g/mol. The molecule has 0 radical (unpaired) electrons. The summed E-state index contributed by atoms with van der Waals surface area (Å²) in [7, 11) is 0. The standard InChI is InChI=1S/C11H5Cl4NO/c12-5-1-6(10(15)8(13)2-5)7-3-16-4-9(14)11(7)17/h1-4H,(H,16,17). The molecule has 1 aromatic heterocycles. The van der Waals surface area contributed by atoms with E-state index in [-0.39, 0.29) is 20.5 Å². The fraction of sp³-hybridized carbons (Fsp3) is 0. The minimum absolute atomic E-state index is 0.0784. The number of aromatic amines is 1. The van der Waals surface area contributed by atoms with Crippen molar-refractivity contribution >= 4 is 46.4 Å². The number of rotatable bonds is 1. The maximum atomic E-state index is 11.8. The second kappa shape index (κ2) is 4.91. The zero-order valence-electron chi connectivity index (χ0n) is 8.23. The highest BCUT2D eigenvalue weighted by Gasteiger charge is 2.13. The van der Waals surface area contributed by atoms with E-state index in [9.17, 15) is 4.79 Å². The first-order valence-corrected chi connectivity index (χ1v) is 6.03. The predicted octanol–water partition coefficient (Wildman–Crippen LogP) is 4.66. The van der Waals surface area contributed by atoms with Crippen molar-refractivity contribution in [3.8, 4) is 11.1 Å². The molecule has 2 aromatic rings. The van der Waals surface area contributed by atoms with E-state index in [2.05, 4.69) is 4.98 Å². The first kappa shape index (κ1) is 12.8. The molecule has 0 spiro atoms. The maximum absolute atomic E-state index is 11.8. The lowest BCUT2D eigenvalue weighted by molar-refractivity contribution is 1.30. The summed E-state index contributed by atoms with van der Waals surface area (Å²) >= 11 is 23.6. The molecule has 0 saturated carbocycles. The van der Waals surface area contributed by atoms with E-state index in [1.807, 2.05) is 0 Å². The first-order valence-electron chi connectivity index (χ1n) is 4.52. The van der Waals surface area contributed by atoms with E-state index < -0.39 is 0 Å². The van der Waals surface area contributed by atoms with Crippen LogP contribution in [0.2, 0.25) is 20.1 Å². The van der Waals surface area contributed by atoms with Crippen molar-refractivity contribution in [2.24, 2.45) is 0 Å². The van der Waals surface area contributed by atoms with Crippen LogP contribution < -0.4 is 5.43 Å². The quantitative estimate of drug-likeness (QED) is 0.764. The van der Waals surface area contributed by atoms with Gasteiger partial charge >= 0.3 is 0 Å². The minimum atomic E-state index is -0.328. The zero-order valence-corrected chi connectivity index (χ0v) is 11.3. The molecule has 2 nitrogen and oxygen atoms in total. The van der Waals surface area contributed by atoms with Crippen LogP contribution in [0.1, 0.15) is 0 Å². The zero-order chi connectivity index (χ0) is 12.6. The molecule has 0 unspecified atom stereocenters. The van der Waals surface area contributed by atoms with Crippen LogP contribution in [0.25, 0.3) is 11.1 Å². The number of benzene rings is 1. The average molecular weight is 309 g/mol. The lowest BCUT2D eigenvalue weighted by Gasteiger charge is -2.06. The fourth-order valence-electron chi connectivity index (χ4n) is 1.41. The summed E-state index contributed by atoms with van der Waals surface area (Å²) in [6, 6.07) is 3.07. The molecule has 88 valence electrons. The Morgan fingerprint density at radius 2 is 1.59 bits per heavy atom. The minimum Gasteiger partial charge on any atom is -0.366 e. The third kappa shape index (κ3) is 2.45. The molecule has 6 heteroatoms. The number of nitrogens with one attached hydrogen (secondary N) is 1. The van der Waals surface area contributed by atoms with Crippen molar-refractivity contribution in [2.75, 3.05) is 0 Å². The molecular formula is C11H5Cl4NO. The maximum Gasteiger partial charge on any atom is 0.207 e. The molecule has 1 N–H and O–H groups in total. The lowest BCUT2D eigenvalue weighted by atomic mass is 10.1. The van der Waals surface area contributed by atoms with Gasteiger partial charge in [-0.2, -0.15) is 0 Å². The van der Waals surface area contributed by atoms with Crippen LogP contribution in [0.15, 0.2) is 29.3 Å². The van der Waals surface area contributed by atoms with E-state index in [1.165, 1.54) is 18.5 Å². The molecule has 2 rings (SSSR count). The molecule has 1 heterocycles. The van der Waals surface area contributed by atoms with E-state index in [0.717, 1.165) is 0 Å². The van der Waals surface area contributed by atoms with Crippen LogP contribution in [0.3, 0.4) is 0 Å². The summed E-state index contributed by atoms with van der Waals surface area (Å²) < 4.78 is 0. The molecule has 0 amide bonds. The monoisotopic (exact) mass is 307 g/mol. The Bertz CT molecular complexity index is 636. The molecule has 1 aromatic carbocycles. The van der Waals surface area contributed by atoms with Crippen molar-refractivity contribution in [3.63, 3.8) is 0 Å². The Kier molecular flexibility index (Phi) is 3.69. The molecule has 0 aliphatic carbocycles. The van der Waals surface area contributed by atoms with E-state index in [1.54, 1.807) is 6.07 Å². The molecule has 0 fully saturated rings. The Labute approximate surface area is 117 Å². The van der Waals surface area contributed by atoms with Gasteiger partial charge in [0.25, 0.3) is 0 Å². The van der Waals surface area contributed by atoms with E-state index in [4.69, 9.17) is 46.4 Å². The lowest BCUT2D eigenvalue weighted by Crippen LogP contribution is -2.05. The Balaban J connectivity index is 2.77. The fourth-order valence-corrected chi connectivity index (χ4v) is 2.28.